The third kappa shape index (κ3) is 5.60. The Kier molecular flexibility index (Phi) is 6.94. The van der Waals surface area contributed by atoms with Crippen LogP contribution in [0.3, 0.4) is 0 Å². The summed E-state index contributed by atoms with van der Waals surface area (Å²) in [6.45, 7) is 5.60. The van der Waals surface area contributed by atoms with Crippen LogP contribution in [0.15, 0.2) is 35.6 Å². The lowest BCUT2D eigenvalue weighted by Gasteiger charge is -2.35. The van der Waals surface area contributed by atoms with Gasteiger partial charge >= 0.3 is 6.09 Å². The van der Waals surface area contributed by atoms with Gasteiger partial charge < -0.3 is 29.7 Å². The number of oxime groups is 1. The van der Waals surface area contributed by atoms with Gasteiger partial charge in [-0.15, -0.1) is 0 Å². The average Bonchev–Trinajstić information content (AvgIpc) is 2.76. The molecule has 2 fully saturated rings. The SMILES string of the molecule is CC1(C)OCC(CON=C2CN(c3ncc(-c4cccc(COC(N)=O)c4F)cc3F)C2)CO1. The molecule has 1 amide bonds. The topological polar surface area (TPSA) is 109 Å². The van der Waals surface area contributed by atoms with Gasteiger partial charge in [-0.05, 0) is 19.9 Å². The second-order valence-electron chi connectivity index (χ2n) is 8.61. The molecule has 0 bridgehead atoms. The minimum absolute atomic E-state index is 0.0986. The summed E-state index contributed by atoms with van der Waals surface area (Å²) in [6, 6.07) is 5.75. The molecular formula is C23H26F2N4O5. The standard InChI is InChI=1S/C23H26F2N4O5/c1-23(2)32-10-14(11-33-23)12-34-28-17-8-29(9-17)21-19(24)6-16(7-27-21)18-5-3-4-15(20(18)25)13-31-22(26)30/h3-7,14H,8-13H2,1-2H3,(H2,26,30). The van der Waals surface area contributed by atoms with Crippen molar-refractivity contribution in [3.05, 3.63) is 47.7 Å². The number of primary amides is 1. The zero-order chi connectivity index (χ0) is 24.3. The zero-order valence-corrected chi connectivity index (χ0v) is 18.9. The summed E-state index contributed by atoms with van der Waals surface area (Å²) in [5.41, 5.74) is 6.22. The Labute approximate surface area is 195 Å². The number of benzene rings is 1. The normalized spacial score (nSPS) is 17.8. The van der Waals surface area contributed by atoms with Crippen molar-refractivity contribution in [1.82, 2.24) is 4.98 Å². The molecule has 0 radical (unpaired) electrons. The lowest BCUT2D eigenvalue weighted by molar-refractivity contribution is -0.266. The number of anilines is 1. The maximum absolute atomic E-state index is 14.8. The zero-order valence-electron chi connectivity index (χ0n) is 18.9. The number of ether oxygens (including phenoxy) is 3. The third-order valence-electron chi connectivity index (χ3n) is 5.46. The van der Waals surface area contributed by atoms with E-state index < -0.39 is 23.5 Å². The number of hydrogen-bond acceptors (Lipinski definition) is 8. The maximum atomic E-state index is 14.8. The number of pyridine rings is 1. The molecule has 2 N–H and O–H groups in total. The molecule has 1 aromatic heterocycles. The van der Waals surface area contributed by atoms with Crippen LogP contribution in [0.1, 0.15) is 19.4 Å². The molecule has 2 saturated heterocycles. The lowest BCUT2D eigenvalue weighted by atomic mass is 10.0. The van der Waals surface area contributed by atoms with Crippen LogP contribution >= 0.6 is 0 Å². The van der Waals surface area contributed by atoms with E-state index in [0.29, 0.717) is 32.9 Å². The number of nitrogens with zero attached hydrogens (tertiary/aromatic N) is 3. The van der Waals surface area contributed by atoms with Crippen molar-refractivity contribution in [2.45, 2.75) is 26.2 Å². The van der Waals surface area contributed by atoms with E-state index in [2.05, 4.69) is 14.9 Å². The van der Waals surface area contributed by atoms with E-state index in [1.54, 1.807) is 11.0 Å². The first-order valence-corrected chi connectivity index (χ1v) is 10.8. The fraction of sp³-hybridized carbons (Fsp3) is 0.435. The summed E-state index contributed by atoms with van der Waals surface area (Å²) in [4.78, 5) is 22.1. The van der Waals surface area contributed by atoms with Crippen molar-refractivity contribution in [2.75, 3.05) is 37.8 Å². The number of aromatic nitrogens is 1. The first-order valence-electron chi connectivity index (χ1n) is 10.8. The third-order valence-corrected chi connectivity index (χ3v) is 5.46. The number of carbonyl (C=O) groups is 1. The van der Waals surface area contributed by atoms with E-state index in [9.17, 15) is 13.6 Å². The maximum Gasteiger partial charge on any atom is 0.404 e. The van der Waals surface area contributed by atoms with Crippen LogP contribution in [-0.2, 0) is 25.7 Å². The highest BCUT2D eigenvalue weighted by Crippen LogP contribution is 2.29. The number of amides is 1. The number of halogens is 2. The van der Waals surface area contributed by atoms with Crippen molar-refractivity contribution in [3.63, 3.8) is 0 Å². The molecule has 0 saturated carbocycles. The lowest BCUT2D eigenvalue weighted by Crippen LogP contribution is -2.48. The van der Waals surface area contributed by atoms with Crippen LogP contribution in [0.2, 0.25) is 0 Å². The van der Waals surface area contributed by atoms with E-state index in [4.69, 9.17) is 20.0 Å². The number of carbonyl (C=O) groups excluding carboxylic acids is 1. The Morgan fingerprint density at radius 1 is 1.29 bits per heavy atom. The Balaban J connectivity index is 1.33. The van der Waals surface area contributed by atoms with Gasteiger partial charge in [-0.1, -0.05) is 23.4 Å². The summed E-state index contributed by atoms with van der Waals surface area (Å²) >= 11 is 0. The van der Waals surface area contributed by atoms with Crippen molar-refractivity contribution in [2.24, 2.45) is 16.8 Å². The molecule has 2 aliphatic rings. The molecule has 0 spiro atoms. The average molecular weight is 476 g/mol. The van der Waals surface area contributed by atoms with Gasteiger partial charge in [0.1, 0.15) is 19.0 Å². The molecule has 2 aliphatic heterocycles. The molecule has 2 aromatic rings. The molecular weight excluding hydrogens is 450 g/mol. The Hall–Kier alpha value is -3.31. The van der Waals surface area contributed by atoms with Gasteiger partial charge in [0.2, 0.25) is 0 Å². The second kappa shape index (κ2) is 9.90. The number of nitrogens with two attached hydrogens (primary N) is 1. The molecule has 34 heavy (non-hydrogen) atoms. The predicted octanol–water partition coefficient (Wildman–Crippen LogP) is 3.21. The first-order chi connectivity index (χ1) is 16.2. The van der Waals surface area contributed by atoms with Crippen LogP contribution in [-0.4, -0.2) is 55.5 Å². The Morgan fingerprint density at radius 2 is 2.03 bits per heavy atom. The second-order valence-corrected chi connectivity index (χ2v) is 8.61. The van der Waals surface area contributed by atoms with Crippen LogP contribution in [0, 0.1) is 17.6 Å². The molecule has 3 heterocycles. The molecule has 4 rings (SSSR count). The number of rotatable bonds is 7. The van der Waals surface area contributed by atoms with Crippen LogP contribution in [0.25, 0.3) is 11.1 Å². The Bertz CT molecular complexity index is 1080. The molecule has 0 atom stereocenters. The molecule has 11 heteroatoms. The molecule has 182 valence electrons. The van der Waals surface area contributed by atoms with Gasteiger partial charge in [-0.3, -0.25) is 0 Å². The van der Waals surface area contributed by atoms with E-state index >= 15 is 0 Å². The monoisotopic (exact) mass is 476 g/mol. The number of hydrogen-bond donors (Lipinski definition) is 1. The smallest absolute Gasteiger partial charge is 0.404 e. The van der Waals surface area contributed by atoms with Crippen molar-refractivity contribution in [3.8, 4) is 11.1 Å². The Morgan fingerprint density at radius 3 is 2.71 bits per heavy atom. The van der Waals surface area contributed by atoms with Crippen molar-refractivity contribution < 1.29 is 32.6 Å². The predicted molar refractivity (Wildman–Crippen MR) is 119 cm³/mol. The molecule has 9 nitrogen and oxygen atoms in total. The van der Waals surface area contributed by atoms with Gasteiger partial charge in [0, 0.05) is 28.8 Å². The van der Waals surface area contributed by atoms with Gasteiger partial charge in [-0.2, -0.15) is 0 Å². The molecule has 1 aromatic carbocycles. The van der Waals surface area contributed by atoms with Crippen molar-refractivity contribution >= 4 is 17.6 Å². The molecule has 0 unspecified atom stereocenters. The minimum atomic E-state index is -1.01. The largest absolute Gasteiger partial charge is 0.445 e. The van der Waals surface area contributed by atoms with Gasteiger partial charge in [0.05, 0.1) is 32.0 Å². The van der Waals surface area contributed by atoms with Gasteiger partial charge in [0.25, 0.3) is 0 Å². The van der Waals surface area contributed by atoms with Gasteiger partial charge in [-0.25, -0.2) is 18.6 Å². The van der Waals surface area contributed by atoms with E-state index in [1.807, 2.05) is 13.8 Å². The minimum Gasteiger partial charge on any atom is -0.445 e. The highest BCUT2D eigenvalue weighted by atomic mass is 19.1. The summed E-state index contributed by atoms with van der Waals surface area (Å²) in [5.74, 6) is -1.55. The fourth-order valence-electron chi connectivity index (χ4n) is 3.53. The van der Waals surface area contributed by atoms with Crippen LogP contribution in [0.4, 0.5) is 19.4 Å². The van der Waals surface area contributed by atoms with Gasteiger partial charge in [0.15, 0.2) is 17.4 Å². The summed E-state index contributed by atoms with van der Waals surface area (Å²) < 4.78 is 45.4. The quantitative estimate of drug-likeness (QED) is 0.612. The molecule has 0 aliphatic carbocycles. The fourth-order valence-corrected chi connectivity index (χ4v) is 3.53. The highest BCUT2D eigenvalue weighted by Gasteiger charge is 2.30. The van der Waals surface area contributed by atoms with E-state index in [1.165, 1.54) is 24.4 Å². The summed E-state index contributed by atoms with van der Waals surface area (Å²) in [6.07, 6.45) is 0.386. The first kappa shape index (κ1) is 23.8. The van der Waals surface area contributed by atoms with Crippen molar-refractivity contribution in [1.29, 1.82) is 0 Å². The summed E-state index contributed by atoms with van der Waals surface area (Å²) in [7, 11) is 0. The van der Waals surface area contributed by atoms with Crippen LogP contribution < -0.4 is 10.6 Å². The van der Waals surface area contributed by atoms with E-state index in [-0.39, 0.29) is 35.0 Å². The van der Waals surface area contributed by atoms with E-state index in [0.717, 1.165) is 5.71 Å². The summed E-state index contributed by atoms with van der Waals surface area (Å²) in [5, 5.41) is 4.10. The highest BCUT2D eigenvalue weighted by molar-refractivity contribution is 5.99. The van der Waals surface area contributed by atoms with Crippen LogP contribution in [0.5, 0.6) is 0 Å².